The van der Waals surface area contributed by atoms with E-state index < -0.39 is 12.2 Å². The van der Waals surface area contributed by atoms with Crippen molar-refractivity contribution in [2.24, 2.45) is 5.92 Å². The molecule has 1 saturated heterocycles. The molecular weight excluding hydrogens is 424 g/mol. The molecule has 0 radical (unpaired) electrons. The number of Topliss-reactive ketones (excluding diaryl/α,β-unsaturated/α-hetero) is 1. The normalized spacial score (nSPS) is 15.7. The summed E-state index contributed by atoms with van der Waals surface area (Å²) in [5.41, 5.74) is 0.193. The number of nitrogens with one attached hydrogen (secondary N) is 1. The SMILES string of the molecule is CC(C)(C)NC(=O)OCC1CCN(c2nccc(C(O)CC(=O)c3ccccc3O)n2)CC1. The van der Waals surface area contributed by atoms with Crippen LogP contribution in [0.2, 0.25) is 0 Å². The Morgan fingerprint density at radius 1 is 1.21 bits per heavy atom. The van der Waals surface area contributed by atoms with Crippen molar-refractivity contribution < 1.29 is 24.5 Å². The minimum Gasteiger partial charge on any atom is -0.507 e. The van der Waals surface area contributed by atoms with Gasteiger partial charge in [-0.15, -0.1) is 0 Å². The highest BCUT2D eigenvalue weighted by Gasteiger charge is 2.24. The van der Waals surface area contributed by atoms with Crippen molar-refractivity contribution >= 4 is 17.8 Å². The van der Waals surface area contributed by atoms with Crippen molar-refractivity contribution in [2.75, 3.05) is 24.6 Å². The molecule has 0 spiro atoms. The van der Waals surface area contributed by atoms with Crippen LogP contribution in [0.4, 0.5) is 10.7 Å². The van der Waals surface area contributed by atoms with Crippen molar-refractivity contribution in [1.82, 2.24) is 15.3 Å². The number of amides is 1. The van der Waals surface area contributed by atoms with E-state index in [1.807, 2.05) is 25.7 Å². The highest BCUT2D eigenvalue weighted by Crippen LogP contribution is 2.25. The van der Waals surface area contributed by atoms with E-state index >= 15 is 0 Å². The second-order valence-corrected chi connectivity index (χ2v) is 9.35. The van der Waals surface area contributed by atoms with E-state index in [0.29, 0.717) is 31.3 Å². The number of hydrogen-bond acceptors (Lipinski definition) is 8. The molecule has 1 aromatic carbocycles. The summed E-state index contributed by atoms with van der Waals surface area (Å²) >= 11 is 0. The largest absolute Gasteiger partial charge is 0.507 e. The topological polar surface area (TPSA) is 125 Å². The van der Waals surface area contributed by atoms with Crippen LogP contribution in [-0.4, -0.2) is 57.3 Å². The van der Waals surface area contributed by atoms with Crippen LogP contribution in [0, 0.1) is 5.92 Å². The lowest BCUT2D eigenvalue weighted by atomic mass is 9.98. The third-order valence-electron chi connectivity index (χ3n) is 5.41. The summed E-state index contributed by atoms with van der Waals surface area (Å²) in [6.45, 7) is 7.47. The van der Waals surface area contributed by atoms with Gasteiger partial charge in [-0.1, -0.05) is 12.1 Å². The molecule has 1 aromatic heterocycles. The Balaban J connectivity index is 1.52. The summed E-state index contributed by atoms with van der Waals surface area (Å²) in [5, 5.41) is 23.2. The van der Waals surface area contributed by atoms with Gasteiger partial charge in [0.1, 0.15) is 11.9 Å². The smallest absolute Gasteiger partial charge is 0.407 e. The zero-order valence-electron chi connectivity index (χ0n) is 19.3. The summed E-state index contributed by atoms with van der Waals surface area (Å²) < 4.78 is 5.35. The van der Waals surface area contributed by atoms with Gasteiger partial charge in [0.25, 0.3) is 0 Å². The van der Waals surface area contributed by atoms with Crippen LogP contribution >= 0.6 is 0 Å². The van der Waals surface area contributed by atoms with Crippen molar-refractivity contribution in [1.29, 1.82) is 0 Å². The Hall–Kier alpha value is -3.20. The molecule has 2 aromatic rings. The molecule has 9 nitrogen and oxygen atoms in total. The lowest BCUT2D eigenvalue weighted by molar-refractivity contribution is 0.0871. The maximum Gasteiger partial charge on any atom is 0.407 e. The molecule has 3 N–H and O–H groups in total. The number of hydrogen-bond donors (Lipinski definition) is 3. The van der Waals surface area contributed by atoms with Crippen LogP contribution in [0.1, 0.15) is 62.2 Å². The van der Waals surface area contributed by atoms with Crippen LogP contribution in [0.3, 0.4) is 0 Å². The number of para-hydroxylation sites is 1. The lowest BCUT2D eigenvalue weighted by Gasteiger charge is -2.32. The Bertz CT molecular complexity index is 967. The van der Waals surface area contributed by atoms with E-state index in [2.05, 4.69) is 15.3 Å². The van der Waals surface area contributed by atoms with Gasteiger partial charge in [-0.2, -0.15) is 0 Å². The van der Waals surface area contributed by atoms with Crippen molar-refractivity contribution in [2.45, 2.75) is 51.7 Å². The monoisotopic (exact) mass is 456 g/mol. The Morgan fingerprint density at radius 3 is 2.58 bits per heavy atom. The predicted molar refractivity (Wildman–Crippen MR) is 123 cm³/mol. The van der Waals surface area contributed by atoms with Gasteiger partial charge in [0.05, 0.1) is 17.9 Å². The molecule has 33 heavy (non-hydrogen) atoms. The first-order valence-electron chi connectivity index (χ1n) is 11.1. The molecule has 0 saturated carbocycles. The Kier molecular flexibility index (Phi) is 7.86. The standard InChI is InChI=1S/C24H32N4O5/c1-24(2,3)27-23(32)33-15-16-9-12-28(13-10-16)22-25-11-8-18(26-22)21(31)14-20(30)17-6-4-5-7-19(17)29/h4-8,11,16,21,29,31H,9-10,12-15H2,1-3H3,(H,27,32). The van der Waals surface area contributed by atoms with Gasteiger partial charge >= 0.3 is 6.09 Å². The van der Waals surface area contributed by atoms with Gasteiger partial charge in [0.15, 0.2) is 5.78 Å². The maximum atomic E-state index is 12.4. The average Bonchev–Trinajstić information content (AvgIpc) is 2.77. The molecule has 1 atom stereocenters. The fourth-order valence-electron chi connectivity index (χ4n) is 3.63. The number of piperidine rings is 1. The minimum atomic E-state index is -1.11. The number of carbonyl (C=O) groups excluding carboxylic acids is 2. The van der Waals surface area contributed by atoms with Crippen LogP contribution < -0.4 is 10.2 Å². The van der Waals surface area contributed by atoms with Crippen molar-refractivity contribution in [3.05, 3.63) is 47.8 Å². The molecule has 1 unspecified atom stereocenters. The third-order valence-corrected chi connectivity index (χ3v) is 5.41. The molecule has 178 valence electrons. The molecule has 0 aliphatic carbocycles. The number of aromatic hydroxyl groups is 1. The van der Waals surface area contributed by atoms with Gasteiger partial charge in [-0.25, -0.2) is 14.8 Å². The summed E-state index contributed by atoms with van der Waals surface area (Å²) in [5.74, 6) is 0.279. The van der Waals surface area contributed by atoms with E-state index in [1.54, 1.807) is 24.4 Å². The van der Waals surface area contributed by atoms with E-state index in [9.17, 15) is 19.8 Å². The zero-order chi connectivity index (χ0) is 24.0. The molecule has 9 heteroatoms. The van der Waals surface area contributed by atoms with Gasteiger partial charge in [-0.05, 0) is 57.7 Å². The second-order valence-electron chi connectivity index (χ2n) is 9.35. The van der Waals surface area contributed by atoms with Gasteiger partial charge in [0, 0.05) is 31.2 Å². The van der Waals surface area contributed by atoms with E-state index in [4.69, 9.17) is 4.74 Å². The lowest BCUT2D eigenvalue weighted by Crippen LogP contribution is -2.42. The van der Waals surface area contributed by atoms with E-state index in [0.717, 1.165) is 12.8 Å². The van der Waals surface area contributed by atoms with Crippen molar-refractivity contribution in [3.8, 4) is 5.75 Å². The fraction of sp³-hybridized carbons (Fsp3) is 0.500. The maximum absolute atomic E-state index is 12.4. The second kappa shape index (κ2) is 10.6. The van der Waals surface area contributed by atoms with Crippen LogP contribution in [0.25, 0.3) is 0 Å². The number of benzene rings is 1. The number of phenolic OH excluding ortho intramolecular Hbond substituents is 1. The summed E-state index contributed by atoms with van der Waals surface area (Å²) in [4.78, 5) is 35.1. The van der Waals surface area contributed by atoms with Crippen molar-refractivity contribution in [3.63, 3.8) is 0 Å². The predicted octanol–water partition coefficient (Wildman–Crippen LogP) is 3.23. The number of carbonyl (C=O) groups is 2. The van der Waals surface area contributed by atoms with E-state index in [-0.39, 0.29) is 35.0 Å². The van der Waals surface area contributed by atoms with Gasteiger partial charge < -0.3 is 25.2 Å². The molecular formula is C24H32N4O5. The van der Waals surface area contributed by atoms with Gasteiger partial charge in [-0.3, -0.25) is 4.79 Å². The van der Waals surface area contributed by atoms with E-state index in [1.165, 1.54) is 12.1 Å². The molecule has 1 aliphatic heterocycles. The number of phenols is 1. The number of anilines is 1. The highest BCUT2D eigenvalue weighted by atomic mass is 16.5. The first kappa shape index (κ1) is 24.4. The number of ketones is 1. The number of aromatic nitrogens is 2. The first-order chi connectivity index (χ1) is 15.6. The third kappa shape index (κ3) is 7.15. The van der Waals surface area contributed by atoms with Crippen LogP contribution in [0.15, 0.2) is 36.5 Å². The number of aliphatic hydroxyl groups is 1. The van der Waals surface area contributed by atoms with Gasteiger partial charge in [0.2, 0.25) is 5.95 Å². The molecule has 0 bridgehead atoms. The average molecular weight is 457 g/mol. The fourth-order valence-corrected chi connectivity index (χ4v) is 3.63. The Morgan fingerprint density at radius 2 is 1.91 bits per heavy atom. The summed E-state index contributed by atoms with van der Waals surface area (Å²) in [7, 11) is 0. The quantitative estimate of drug-likeness (QED) is 0.543. The molecule has 1 amide bonds. The highest BCUT2D eigenvalue weighted by molar-refractivity contribution is 5.98. The zero-order valence-corrected chi connectivity index (χ0v) is 19.3. The first-order valence-corrected chi connectivity index (χ1v) is 11.1. The minimum absolute atomic E-state index is 0.110. The van der Waals surface area contributed by atoms with Crippen LogP contribution in [0.5, 0.6) is 5.75 Å². The number of nitrogens with zero attached hydrogens (tertiary/aromatic N) is 3. The number of ether oxygens (including phenoxy) is 1. The molecule has 1 aliphatic rings. The number of aliphatic hydroxyl groups excluding tert-OH is 1. The molecule has 1 fully saturated rings. The molecule has 2 heterocycles. The summed E-state index contributed by atoms with van der Waals surface area (Å²) in [6, 6.07) is 7.84. The van der Waals surface area contributed by atoms with Crippen LogP contribution in [-0.2, 0) is 4.74 Å². The number of rotatable bonds is 7. The number of alkyl carbamates (subject to hydrolysis) is 1. The molecule has 3 rings (SSSR count). The summed E-state index contributed by atoms with van der Waals surface area (Å²) in [6.07, 6.45) is 1.51. The Labute approximate surface area is 193 Å².